The molecule has 0 atom stereocenters. The van der Waals surface area contributed by atoms with Crippen LogP contribution in [0.1, 0.15) is 43.5 Å². The molecule has 0 amide bonds. The van der Waals surface area contributed by atoms with Crippen LogP contribution in [0.5, 0.6) is 0 Å². The van der Waals surface area contributed by atoms with Crippen molar-refractivity contribution in [2.75, 3.05) is 19.0 Å². The van der Waals surface area contributed by atoms with Crippen molar-refractivity contribution in [3.05, 3.63) is 42.0 Å². The van der Waals surface area contributed by atoms with Gasteiger partial charge in [0.15, 0.2) is 5.96 Å². The van der Waals surface area contributed by atoms with E-state index in [-0.39, 0.29) is 24.0 Å². The zero-order chi connectivity index (χ0) is 19.1. The zero-order valence-electron chi connectivity index (χ0n) is 17.1. The Kier molecular flexibility index (Phi) is 9.01. The number of benzene rings is 1. The van der Waals surface area contributed by atoms with Gasteiger partial charge in [0, 0.05) is 39.4 Å². The fourth-order valence-electron chi connectivity index (χ4n) is 3.58. The second-order valence-electron chi connectivity index (χ2n) is 7.15. The van der Waals surface area contributed by atoms with E-state index >= 15 is 0 Å². The molecular weight excluding hydrogens is 465 g/mol. The third-order valence-corrected chi connectivity index (χ3v) is 5.37. The van der Waals surface area contributed by atoms with Gasteiger partial charge in [0.05, 0.1) is 6.54 Å². The Morgan fingerprint density at radius 3 is 2.43 bits per heavy atom. The van der Waals surface area contributed by atoms with E-state index in [2.05, 4.69) is 61.9 Å². The summed E-state index contributed by atoms with van der Waals surface area (Å²) in [6, 6.07) is 9.52. The van der Waals surface area contributed by atoms with Gasteiger partial charge >= 0.3 is 0 Å². The van der Waals surface area contributed by atoms with E-state index < -0.39 is 0 Å². The SMILES string of the molecule is CN=C(NCc1ccc(N(C)C2CCCCC2)cc1)NCc1ncnn1C.I. The first-order valence-electron chi connectivity index (χ1n) is 9.76. The van der Waals surface area contributed by atoms with Crippen LogP contribution in [0.2, 0.25) is 0 Å². The van der Waals surface area contributed by atoms with Crippen LogP contribution in [-0.2, 0) is 20.1 Å². The van der Waals surface area contributed by atoms with Gasteiger partial charge in [0.25, 0.3) is 0 Å². The first-order chi connectivity index (χ1) is 13.2. The normalized spacial score (nSPS) is 15.0. The molecule has 7 nitrogen and oxygen atoms in total. The molecule has 0 aliphatic heterocycles. The molecule has 1 fully saturated rings. The molecule has 28 heavy (non-hydrogen) atoms. The van der Waals surface area contributed by atoms with Crippen LogP contribution < -0.4 is 15.5 Å². The number of nitrogens with zero attached hydrogens (tertiary/aromatic N) is 5. The summed E-state index contributed by atoms with van der Waals surface area (Å²) in [5.41, 5.74) is 2.54. The summed E-state index contributed by atoms with van der Waals surface area (Å²) in [6.45, 7) is 1.31. The maximum absolute atomic E-state index is 4.27. The molecule has 1 heterocycles. The molecule has 0 spiro atoms. The second-order valence-corrected chi connectivity index (χ2v) is 7.15. The van der Waals surface area contributed by atoms with Gasteiger partial charge in [-0.3, -0.25) is 9.67 Å². The molecule has 3 rings (SSSR count). The van der Waals surface area contributed by atoms with Gasteiger partial charge in [0.1, 0.15) is 12.2 Å². The van der Waals surface area contributed by atoms with Crippen molar-refractivity contribution in [2.24, 2.45) is 12.0 Å². The number of aromatic nitrogens is 3. The highest BCUT2D eigenvalue weighted by atomic mass is 127. The van der Waals surface area contributed by atoms with Crippen molar-refractivity contribution in [1.82, 2.24) is 25.4 Å². The Labute approximate surface area is 185 Å². The number of hydrogen-bond donors (Lipinski definition) is 2. The summed E-state index contributed by atoms with van der Waals surface area (Å²) >= 11 is 0. The number of hydrogen-bond acceptors (Lipinski definition) is 4. The van der Waals surface area contributed by atoms with Crippen molar-refractivity contribution >= 4 is 35.6 Å². The molecule has 0 radical (unpaired) electrons. The smallest absolute Gasteiger partial charge is 0.191 e. The summed E-state index contributed by atoms with van der Waals surface area (Å²) in [7, 11) is 5.88. The quantitative estimate of drug-likeness (QED) is 0.365. The van der Waals surface area contributed by atoms with Crippen molar-refractivity contribution < 1.29 is 0 Å². The zero-order valence-corrected chi connectivity index (χ0v) is 19.4. The Balaban J connectivity index is 0.00000280. The number of aliphatic imine (C=N–C) groups is 1. The molecule has 0 saturated heterocycles. The number of halogens is 1. The van der Waals surface area contributed by atoms with Crippen LogP contribution in [0.4, 0.5) is 5.69 Å². The molecule has 1 saturated carbocycles. The van der Waals surface area contributed by atoms with Gasteiger partial charge < -0.3 is 15.5 Å². The molecule has 1 aromatic carbocycles. The maximum atomic E-state index is 4.27. The Hall–Kier alpha value is -1.84. The lowest BCUT2D eigenvalue weighted by Gasteiger charge is -2.33. The molecule has 154 valence electrons. The van der Waals surface area contributed by atoms with Crippen LogP contribution in [0, 0.1) is 0 Å². The predicted molar refractivity (Wildman–Crippen MR) is 125 cm³/mol. The summed E-state index contributed by atoms with van der Waals surface area (Å²) in [6.07, 6.45) is 8.29. The minimum absolute atomic E-state index is 0. The van der Waals surface area contributed by atoms with Crippen molar-refractivity contribution in [3.63, 3.8) is 0 Å². The number of rotatable bonds is 6. The topological polar surface area (TPSA) is 70.4 Å². The lowest BCUT2D eigenvalue weighted by atomic mass is 9.94. The highest BCUT2D eigenvalue weighted by Gasteiger charge is 2.18. The Bertz CT molecular complexity index is 735. The lowest BCUT2D eigenvalue weighted by Crippen LogP contribution is -2.37. The summed E-state index contributed by atoms with van der Waals surface area (Å²) in [4.78, 5) is 10.9. The van der Waals surface area contributed by atoms with E-state index in [0.717, 1.165) is 18.3 Å². The first-order valence-corrected chi connectivity index (χ1v) is 9.76. The van der Waals surface area contributed by atoms with Gasteiger partial charge in [-0.25, -0.2) is 4.98 Å². The van der Waals surface area contributed by atoms with Crippen LogP contribution in [0.15, 0.2) is 35.6 Å². The molecular formula is C20H32IN7. The third-order valence-electron chi connectivity index (χ3n) is 5.37. The van der Waals surface area contributed by atoms with Crippen LogP contribution in [0.25, 0.3) is 0 Å². The third kappa shape index (κ3) is 6.08. The van der Waals surface area contributed by atoms with E-state index in [9.17, 15) is 0 Å². The number of nitrogens with one attached hydrogen (secondary N) is 2. The largest absolute Gasteiger partial charge is 0.372 e. The molecule has 0 unspecified atom stereocenters. The van der Waals surface area contributed by atoms with Gasteiger partial charge in [-0.1, -0.05) is 31.4 Å². The minimum Gasteiger partial charge on any atom is -0.372 e. The molecule has 1 aromatic heterocycles. The van der Waals surface area contributed by atoms with E-state index in [1.807, 2.05) is 7.05 Å². The average Bonchev–Trinajstić information content (AvgIpc) is 3.13. The fraction of sp³-hybridized carbons (Fsp3) is 0.550. The van der Waals surface area contributed by atoms with Gasteiger partial charge in [-0.2, -0.15) is 5.10 Å². The highest BCUT2D eigenvalue weighted by molar-refractivity contribution is 14.0. The van der Waals surface area contributed by atoms with Gasteiger partial charge in [-0.15, -0.1) is 24.0 Å². The van der Waals surface area contributed by atoms with Crippen molar-refractivity contribution in [3.8, 4) is 0 Å². The average molecular weight is 497 g/mol. The van der Waals surface area contributed by atoms with E-state index in [0.29, 0.717) is 12.6 Å². The van der Waals surface area contributed by atoms with E-state index in [4.69, 9.17) is 0 Å². The summed E-state index contributed by atoms with van der Waals surface area (Å²) in [5.74, 6) is 1.62. The fourth-order valence-corrected chi connectivity index (χ4v) is 3.58. The van der Waals surface area contributed by atoms with Gasteiger partial charge in [0.2, 0.25) is 0 Å². The van der Waals surface area contributed by atoms with E-state index in [1.54, 1.807) is 18.1 Å². The lowest BCUT2D eigenvalue weighted by molar-refractivity contribution is 0.427. The first kappa shape index (κ1) is 22.4. The molecule has 8 heteroatoms. The minimum atomic E-state index is 0. The Morgan fingerprint density at radius 1 is 1.14 bits per heavy atom. The number of anilines is 1. The predicted octanol–water partition coefficient (Wildman–Crippen LogP) is 3.07. The second kappa shape index (κ2) is 11.2. The number of aryl methyl sites for hydroxylation is 1. The molecule has 2 N–H and O–H groups in total. The van der Waals surface area contributed by atoms with Crippen LogP contribution in [-0.4, -0.2) is 40.9 Å². The van der Waals surface area contributed by atoms with Crippen LogP contribution >= 0.6 is 24.0 Å². The van der Waals surface area contributed by atoms with Crippen LogP contribution in [0.3, 0.4) is 0 Å². The molecule has 1 aliphatic carbocycles. The summed E-state index contributed by atoms with van der Waals surface area (Å²) < 4.78 is 1.75. The van der Waals surface area contributed by atoms with Crippen molar-refractivity contribution in [2.45, 2.75) is 51.2 Å². The highest BCUT2D eigenvalue weighted by Crippen LogP contribution is 2.26. The monoisotopic (exact) mass is 497 g/mol. The van der Waals surface area contributed by atoms with Crippen molar-refractivity contribution in [1.29, 1.82) is 0 Å². The standard InChI is InChI=1S/C20H31N7.HI/c1-21-20(23-14-19-24-15-25-27(19)3)22-13-16-9-11-18(12-10-16)26(2)17-7-5-4-6-8-17;/h9-12,15,17H,4-8,13-14H2,1-3H3,(H2,21,22,23);1H. The van der Waals surface area contributed by atoms with Gasteiger partial charge in [-0.05, 0) is 30.5 Å². The Morgan fingerprint density at radius 2 is 1.82 bits per heavy atom. The maximum Gasteiger partial charge on any atom is 0.191 e. The molecule has 1 aliphatic rings. The molecule has 2 aromatic rings. The summed E-state index contributed by atoms with van der Waals surface area (Å²) in [5, 5.41) is 10.7. The number of guanidine groups is 1. The van der Waals surface area contributed by atoms with E-state index in [1.165, 1.54) is 43.4 Å². The molecule has 0 bridgehead atoms.